The molecule has 0 radical (unpaired) electrons. The number of rotatable bonds is 7. The van der Waals surface area contributed by atoms with Crippen molar-refractivity contribution in [3.05, 3.63) is 59.7 Å². The Bertz CT molecular complexity index is 822. The Labute approximate surface area is 159 Å². The summed E-state index contributed by atoms with van der Waals surface area (Å²) in [5.41, 5.74) is 9.28. The van der Waals surface area contributed by atoms with Crippen LogP contribution >= 0.6 is 0 Å². The molecule has 3 N–H and O–H groups in total. The average molecular weight is 370 g/mol. The molecule has 1 aliphatic rings. The lowest BCUT2D eigenvalue weighted by atomic mass is 9.88. The molecular weight excluding hydrogens is 344 g/mol. The Hall–Kier alpha value is -2.70. The van der Waals surface area contributed by atoms with E-state index in [-0.39, 0.29) is 17.7 Å². The summed E-state index contributed by atoms with van der Waals surface area (Å²) >= 11 is 0. The van der Waals surface area contributed by atoms with Gasteiger partial charge in [0.2, 0.25) is 0 Å². The van der Waals surface area contributed by atoms with Crippen molar-refractivity contribution in [2.24, 2.45) is 0 Å². The number of hydrazine groups is 1. The fraction of sp³-hybridized carbons (Fsp3) is 0.333. The highest BCUT2D eigenvalue weighted by atomic mass is 16.5. The maximum absolute atomic E-state index is 10.5. The van der Waals surface area contributed by atoms with Crippen LogP contribution in [0.2, 0.25) is 0 Å². The van der Waals surface area contributed by atoms with Gasteiger partial charge in [-0.05, 0) is 36.3 Å². The van der Waals surface area contributed by atoms with Crippen molar-refractivity contribution in [2.45, 2.75) is 18.9 Å². The first-order valence-electron chi connectivity index (χ1n) is 8.84. The second-order valence-corrected chi connectivity index (χ2v) is 6.69. The van der Waals surface area contributed by atoms with Gasteiger partial charge in [0, 0.05) is 24.1 Å². The molecule has 0 spiro atoms. The predicted molar refractivity (Wildman–Crippen MR) is 105 cm³/mol. The van der Waals surface area contributed by atoms with Gasteiger partial charge in [0.25, 0.3) is 0 Å². The van der Waals surface area contributed by atoms with E-state index in [1.807, 2.05) is 37.3 Å². The third-order valence-corrected chi connectivity index (χ3v) is 4.64. The lowest BCUT2D eigenvalue weighted by Gasteiger charge is -2.21. The smallest absolute Gasteiger partial charge is 0.160 e. The number of benzene rings is 2. The molecule has 1 aliphatic heterocycles. The van der Waals surface area contributed by atoms with Crippen LogP contribution in [0.15, 0.2) is 48.6 Å². The number of ether oxygens (including phenoxy) is 3. The molecule has 2 unspecified atom stereocenters. The van der Waals surface area contributed by atoms with Crippen molar-refractivity contribution >= 4 is 0 Å². The summed E-state index contributed by atoms with van der Waals surface area (Å²) in [7, 11) is 3.24. The zero-order chi connectivity index (χ0) is 19.4. The molecule has 2 atom stereocenters. The van der Waals surface area contributed by atoms with Crippen molar-refractivity contribution < 1.29 is 19.3 Å². The summed E-state index contributed by atoms with van der Waals surface area (Å²) in [6, 6.07) is 11.2. The first-order valence-corrected chi connectivity index (χ1v) is 8.84. The summed E-state index contributed by atoms with van der Waals surface area (Å²) in [4.78, 5) is 0. The maximum atomic E-state index is 10.5. The van der Waals surface area contributed by atoms with Crippen LogP contribution < -0.4 is 25.1 Å². The SMILES string of the molecule is C=C(C)COc1ccc(C2NNCC2c2ccc(OC)c(OC)c2)c(O)c1. The molecule has 1 saturated heterocycles. The van der Waals surface area contributed by atoms with Crippen molar-refractivity contribution in [2.75, 3.05) is 27.4 Å². The molecule has 0 bridgehead atoms. The van der Waals surface area contributed by atoms with E-state index < -0.39 is 0 Å². The van der Waals surface area contributed by atoms with Crippen molar-refractivity contribution in [1.82, 2.24) is 10.9 Å². The van der Waals surface area contributed by atoms with Crippen LogP contribution in [-0.2, 0) is 0 Å². The summed E-state index contributed by atoms with van der Waals surface area (Å²) in [5, 5.41) is 10.5. The quantitative estimate of drug-likeness (QED) is 0.650. The van der Waals surface area contributed by atoms with Crippen LogP contribution in [-0.4, -0.2) is 32.5 Å². The topological polar surface area (TPSA) is 72.0 Å². The van der Waals surface area contributed by atoms with E-state index in [0.717, 1.165) is 23.2 Å². The number of phenolic OH excluding ortho intramolecular Hbond substituents is 1. The Morgan fingerprint density at radius 2 is 1.93 bits per heavy atom. The molecule has 27 heavy (non-hydrogen) atoms. The third kappa shape index (κ3) is 4.18. The number of aromatic hydroxyl groups is 1. The average Bonchev–Trinajstić information content (AvgIpc) is 3.15. The van der Waals surface area contributed by atoms with Crippen LogP contribution in [0.4, 0.5) is 0 Å². The maximum Gasteiger partial charge on any atom is 0.160 e. The molecule has 144 valence electrons. The fourth-order valence-electron chi connectivity index (χ4n) is 3.27. The summed E-state index contributed by atoms with van der Waals surface area (Å²) < 4.78 is 16.4. The van der Waals surface area contributed by atoms with Crippen LogP contribution in [0.5, 0.6) is 23.0 Å². The number of methoxy groups -OCH3 is 2. The van der Waals surface area contributed by atoms with E-state index in [2.05, 4.69) is 17.4 Å². The number of nitrogens with one attached hydrogen (secondary N) is 2. The highest BCUT2D eigenvalue weighted by molar-refractivity contribution is 5.47. The van der Waals surface area contributed by atoms with Gasteiger partial charge >= 0.3 is 0 Å². The molecule has 1 fully saturated rings. The fourth-order valence-corrected chi connectivity index (χ4v) is 3.27. The van der Waals surface area contributed by atoms with Gasteiger partial charge in [0.05, 0.1) is 20.3 Å². The first-order chi connectivity index (χ1) is 13.0. The molecule has 0 amide bonds. The molecular formula is C21H26N2O4. The molecule has 2 aromatic carbocycles. The first kappa shape index (κ1) is 19.1. The molecule has 3 rings (SSSR count). The van der Waals surface area contributed by atoms with Gasteiger partial charge in [0.15, 0.2) is 11.5 Å². The van der Waals surface area contributed by atoms with Crippen LogP contribution in [0.3, 0.4) is 0 Å². The summed E-state index contributed by atoms with van der Waals surface area (Å²) in [6.07, 6.45) is 0. The standard InChI is InChI=1S/C21H26N2O4/c1-13(2)12-27-15-6-7-16(18(24)10-15)21-17(11-22-23-21)14-5-8-19(25-3)20(9-14)26-4/h5-10,17,21-24H,1,11-12H2,2-4H3. The summed E-state index contributed by atoms with van der Waals surface area (Å²) in [5.74, 6) is 2.32. The third-order valence-electron chi connectivity index (χ3n) is 4.64. The largest absolute Gasteiger partial charge is 0.507 e. The molecule has 0 aliphatic carbocycles. The predicted octanol–water partition coefficient (Wildman–Crippen LogP) is 3.30. The molecule has 6 heteroatoms. The normalized spacial score (nSPS) is 18.9. The zero-order valence-electron chi connectivity index (χ0n) is 15.9. The highest BCUT2D eigenvalue weighted by Crippen LogP contribution is 2.40. The second-order valence-electron chi connectivity index (χ2n) is 6.69. The van der Waals surface area contributed by atoms with Gasteiger partial charge in [-0.3, -0.25) is 5.43 Å². The number of hydrogen-bond donors (Lipinski definition) is 3. The van der Waals surface area contributed by atoms with Gasteiger partial charge in [-0.15, -0.1) is 0 Å². The molecule has 2 aromatic rings. The highest BCUT2D eigenvalue weighted by Gasteiger charge is 2.32. The number of phenols is 1. The van der Waals surface area contributed by atoms with Gasteiger partial charge in [-0.2, -0.15) is 0 Å². The number of hydrogen-bond acceptors (Lipinski definition) is 6. The summed E-state index contributed by atoms with van der Waals surface area (Å²) in [6.45, 7) is 6.87. The second kappa shape index (κ2) is 8.33. The zero-order valence-corrected chi connectivity index (χ0v) is 15.9. The van der Waals surface area contributed by atoms with E-state index in [1.165, 1.54) is 0 Å². The van der Waals surface area contributed by atoms with Crippen molar-refractivity contribution in [3.63, 3.8) is 0 Å². The molecule has 6 nitrogen and oxygen atoms in total. The van der Waals surface area contributed by atoms with Gasteiger partial charge in [-0.25, -0.2) is 5.43 Å². The molecule has 0 saturated carbocycles. The Kier molecular flexibility index (Phi) is 5.88. The van der Waals surface area contributed by atoms with E-state index >= 15 is 0 Å². The van der Waals surface area contributed by atoms with Crippen LogP contribution in [0.1, 0.15) is 30.0 Å². The van der Waals surface area contributed by atoms with Crippen molar-refractivity contribution in [3.8, 4) is 23.0 Å². The minimum absolute atomic E-state index is 0.0849. The minimum atomic E-state index is -0.0849. The van der Waals surface area contributed by atoms with Gasteiger partial charge in [-0.1, -0.05) is 18.7 Å². The van der Waals surface area contributed by atoms with Crippen LogP contribution in [0, 0.1) is 0 Å². The van der Waals surface area contributed by atoms with Gasteiger partial charge in [0.1, 0.15) is 18.1 Å². The van der Waals surface area contributed by atoms with Gasteiger partial charge < -0.3 is 19.3 Å². The van der Waals surface area contributed by atoms with Crippen molar-refractivity contribution in [1.29, 1.82) is 0 Å². The molecule has 0 aromatic heterocycles. The minimum Gasteiger partial charge on any atom is -0.507 e. The van der Waals surface area contributed by atoms with E-state index in [0.29, 0.717) is 23.9 Å². The monoisotopic (exact) mass is 370 g/mol. The lowest BCUT2D eigenvalue weighted by Crippen LogP contribution is -2.25. The Morgan fingerprint density at radius 1 is 1.15 bits per heavy atom. The Balaban J connectivity index is 1.85. The van der Waals surface area contributed by atoms with Crippen LogP contribution in [0.25, 0.3) is 0 Å². The molecule has 1 heterocycles. The van der Waals surface area contributed by atoms with E-state index in [4.69, 9.17) is 14.2 Å². The lowest BCUT2D eigenvalue weighted by molar-refractivity contribution is 0.348. The van der Waals surface area contributed by atoms with E-state index in [1.54, 1.807) is 20.3 Å². The Morgan fingerprint density at radius 3 is 2.59 bits per heavy atom. The van der Waals surface area contributed by atoms with E-state index in [9.17, 15) is 5.11 Å².